The molecule has 0 fully saturated rings. The topological polar surface area (TPSA) is 97.0 Å². The number of hydrogen-bond acceptors (Lipinski definition) is 5. The second-order valence-electron chi connectivity index (χ2n) is 5.39. The Bertz CT molecular complexity index is 927. The fourth-order valence-corrected chi connectivity index (χ4v) is 2.40. The zero-order valence-electron chi connectivity index (χ0n) is 13.8. The molecule has 3 aromatic rings. The maximum absolute atomic E-state index is 13.5. The highest BCUT2D eigenvalue weighted by Crippen LogP contribution is 2.19. The predicted molar refractivity (Wildman–Crippen MR) is 90.4 cm³/mol. The minimum atomic E-state index is -1.14. The number of amides is 1. The molecule has 0 spiro atoms. The zero-order chi connectivity index (χ0) is 18.5. The van der Waals surface area contributed by atoms with Gasteiger partial charge < -0.3 is 10.1 Å². The number of carbonyl (C=O) groups excluding carboxylic acids is 2. The van der Waals surface area contributed by atoms with Gasteiger partial charge in [0.2, 0.25) is 0 Å². The van der Waals surface area contributed by atoms with Gasteiger partial charge in [-0.1, -0.05) is 12.1 Å². The van der Waals surface area contributed by atoms with Gasteiger partial charge in [0.15, 0.2) is 6.04 Å². The molecule has 2 heterocycles. The predicted octanol–water partition coefficient (Wildman–Crippen LogP) is 2.25. The summed E-state index contributed by atoms with van der Waals surface area (Å²) >= 11 is 0. The van der Waals surface area contributed by atoms with Gasteiger partial charge in [-0.2, -0.15) is 5.10 Å². The van der Waals surface area contributed by atoms with E-state index in [1.54, 1.807) is 30.6 Å². The quantitative estimate of drug-likeness (QED) is 0.685. The number of aromatic amines is 1. The number of pyridine rings is 1. The van der Waals surface area contributed by atoms with Crippen LogP contribution in [0.25, 0.3) is 11.3 Å². The van der Waals surface area contributed by atoms with Gasteiger partial charge in [-0.3, -0.25) is 14.9 Å². The summed E-state index contributed by atoms with van der Waals surface area (Å²) in [6, 6.07) is 9.29. The van der Waals surface area contributed by atoms with Crippen molar-refractivity contribution < 1.29 is 18.7 Å². The van der Waals surface area contributed by atoms with Gasteiger partial charge in [0.05, 0.1) is 12.8 Å². The Morgan fingerprint density at radius 1 is 1.19 bits per heavy atom. The van der Waals surface area contributed by atoms with Gasteiger partial charge in [0.1, 0.15) is 11.5 Å². The number of esters is 1. The number of ether oxygens (including phenoxy) is 1. The lowest BCUT2D eigenvalue weighted by Crippen LogP contribution is -2.34. The molecule has 0 bridgehead atoms. The van der Waals surface area contributed by atoms with Crippen molar-refractivity contribution in [3.8, 4) is 11.3 Å². The number of nitrogens with one attached hydrogen (secondary N) is 2. The molecule has 0 saturated heterocycles. The molecule has 0 saturated carbocycles. The minimum Gasteiger partial charge on any atom is -0.467 e. The van der Waals surface area contributed by atoms with E-state index in [1.165, 1.54) is 25.3 Å². The molecule has 0 aliphatic carbocycles. The Hall–Kier alpha value is -3.55. The summed E-state index contributed by atoms with van der Waals surface area (Å²) in [5, 5.41) is 9.23. The molecule has 2 N–H and O–H groups in total. The SMILES string of the molecule is COC(=O)C(NC(=O)c1cc(-c2ccncc2)n[nH]1)c1cccc(F)c1. The summed E-state index contributed by atoms with van der Waals surface area (Å²) in [4.78, 5) is 28.4. The van der Waals surface area contributed by atoms with Crippen LogP contribution in [0, 0.1) is 5.82 Å². The number of nitrogens with zero attached hydrogens (tertiary/aromatic N) is 2. The second-order valence-corrected chi connectivity index (χ2v) is 5.39. The Kier molecular flexibility index (Phi) is 5.02. The summed E-state index contributed by atoms with van der Waals surface area (Å²) < 4.78 is 18.2. The van der Waals surface area contributed by atoms with Crippen molar-refractivity contribution in [1.29, 1.82) is 0 Å². The highest BCUT2D eigenvalue weighted by Gasteiger charge is 2.25. The Balaban J connectivity index is 1.82. The number of carbonyl (C=O) groups is 2. The second kappa shape index (κ2) is 7.56. The van der Waals surface area contributed by atoms with Crippen LogP contribution in [-0.2, 0) is 9.53 Å². The van der Waals surface area contributed by atoms with E-state index >= 15 is 0 Å². The van der Waals surface area contributed by atoms with Crippen molar-refractivity contribution >= 4 is 11.9 Å². The molecule has 1 aromatic carbocycles. The molecule has 0 radical (unpaired) electrons. The van der Waals surface area contributed by atoms with Crippen molar-refractivity contribution in [2.24, 2.45) is 0 Å². The summed E-state index contributed by atoms with van der Waals surface area (Å²) in [7, 11) is 1.19. The fraction of sp³-hybridized carbons (Fsp3) is 0.111. The maximum Gasteiger partial charge on any atom is 0.333 e. The van der Waals surface area contributed by atoms with Gasteiger partial charge >= 0.3 is 5.97 Å². The summed E-state index contributed by atoms with van der Waals surface area (Å²) in [5.41, 5.74) is 1.77. The lowest BCUT2D eigenvalue weighted by Gasteiger charge is -2.16. The molecule has 132 valence electrons. The van der Waals surface area contributed by atoms with Crippen LogP contribution in [0.4, 0.5) is 4.39 Å². The molecule has 1 unspecified atom stereocenters. The third-order valence-electron chi connectivity index (χ3n) is 3.69. The van der Waals surface area contributed by atoms with Crippen LogP contribution < -0.4 is 5.32 Å². The van der Waals surface area contributed by atoms with E-state index in [1.807, 2.05) is 0 Å². The van der Waals surface area contributed by atoms with Gasteiger partial charge in [0, 0.05) is 18.0 Å². The highest BCUT2D eigenvalue weighted by atomic mass is 19.1. The first kappa shape index (κ1) is 17.3. The third-order valence-corrected chi connectivity index (χ3v) is 3.69. The number of hydrogen-bond donors (Lipinski definition) is 2. The molecule has 0 aliphatic heterocycles. The minimum absolute atomic E-state index is 0.155. The van der Waals surface area contributed by atoms with Crippen LogP contribution in [-0.4, -0.2) is 34.2 Å². The first-order valence-corrected chi connectivity index (χ1v) is 7.68. The monoisotopic (exact) mass is 354 g/mol. The summed E-state index contributed by atoms with van der Waals surface area (Å²) in [6.07, 6.45) is 3.22. The van der Waals surface area contributed by atoms with Crippen molar-refractivity contribution in [3.63, 3.8) is 0 Å². The fourth-order valence-electron chi connectivity index (χ4n) is 2.40. The Labute approximate surface area is 148 Å². The van der Waals surface area contributed by atoms with E-state index < -0.39 is 23.7 Å². The zero-order valence-corrected chi connectivity index (χ0v) is 13.8. The Morgan fingerprint density at radius 2 is 1.96 bits per heavy atom. The molecule has 0 aliphatic rings. The van der Waals surface area contributed by atoms with E-state index in [0.717, 1.165) is 11.6 Å². The van der Waals surface area contributed by atoms with E-state index in [4.69, 9.17) is 4.74 Å². The van der Waals surface area contributed by atoms with Crippen molar-refractivity contribution in [2.45, 2.75) is 6.04 Å². The summed E-state index contributed by atoms with van der Waals surface area (Å²) in [6.45, 7) is 0. The van der Waals surface area contributed by atoms with Crippen LogP contribution in [0.15, 0.2) is 54.9 Å². The van der Waals surface area contributed by atoms with Gasteiger partial charge in [-0.05, 0) is 35.9 Å². The van der Waals surface area contributed by atoms with E-state index in [-0.39, 0.29) is 11.3 Å². The standard InChI is InChI=1S/C18H15FN4O3/c1-26-18(25)16(12-3-2-4-13(19)9-12)21-17(24)15-10-14(22-23-15)11-5-7-20-8-6-11/h2-10,16H,1H3,(H,21,24)(H,22,23). The van der Waals surface area contributed by atoms with Gasteiger partial charge in [-0.15, -0.1) is 0 Å². The number of H-pyrrole nitrogens is 1. The largest absolute Gasteiger partial charge is 0.467 e. The lowest BCUT2D eigenvalue weighted by atomic mass is 10.1. The number of benzene rings is 1. The first-order valence-electron chi connectivity index (χ1n) is 7.68. The van der Waals surface area contributed by atoms with Crippen molar-refractivity contribution in [3.05, 3.63) is 71.9 Å². The number of methoxy groups -OCH3 is 1. The third kappa shape index (κ3) is 3.75. The molecule has 3 rings (SSSR count). The highest BCUT2D eigenvalue weighted by molar-refractivity contribution is 5.96. The molecular formula is C18H15FN4O3. The molecule has 26 heavy (non-hydrogen) atoms. The average Bonchev–Trinajstić information content (AvgIpc) is 3.16. The molecule has 1 atom stereocenters. The Morgan fingerprint density at radius 3 is 2.65 bits per heavy atom. The van der Waals surface area contributed by atoms with Gasteiger partial charge in [-0.25, -0.2) is 9.18 Å². The van der Waals surface area contributed by atoms with E-state index in [2.05, 4.69) is 20.5 Å². The molecule has 2 aromatic heterocycles. The van der Waals surface area contributed by atoms with E-state index in [9.17, 15) is 14.0 Å². The van der Waals surface area contributed by atoms with Gasteiger partial charge in [0.25, 0.3) is 5.91 Å². The van der Waals surface area contributed by atoms with Crippen LogP contribution in [0.2, 0.25) is 0 Å². The van der Waals surface area contributed by atoms with Crippen LogP contribution in [0.3, 0.4) is 0 Å². The van der Waals surface area contributed by atoms with Crippen LogP contribution in [0.1, 0.15) is 22.1 Å². The molecule has 1 amide bonds. The summed E-state index contributed by atoms with van der Waals surface area (Å²) in [5.74, 6) is -1.80. The molecular weight excluding hydrogens is 339 g/mol. The van der Waals surface area contributed by atoms with Crippen LogP contribution in [0.5, 0.6) is 0 Å². The van der Waals surface area contributed by atoms with E-state index in [0.29, 0.717) is 5.69 Å². The molecule has 7 nitrogen and oxygen atoms in total. The average molecular weight is 354 g/mol. The molecule has 8 heteroatoms. The van der Waals surface area contributed by atoms with Crippen molar-refractivity contribution in [2.75, 3.05) is 7.11 Å². The number of halogens is 1. The first-order chi connectivity index (χ1) is 12.6. The normalized spacial score (nSPS) is 11.6. The lowest BCUT2D eigenvalue weighted by molar-refractivity contribution is -0.143. The smallest absolute Gasteiger partial charge is 0.333 e. The van der Waals surface area contributed by atoms with Crippen molar-refractivity contribution in [1.82, 2.24) is 20.5 Å². The number of rotatable bonds is 5. The maximum atomic E-state index is 13.5. The van der Waals surface area contributed by atoms with Crippen LogP contribution >= 0.6 is 0 Å². The number of aromatic nitrogens is 3.